The number of benzene rings is 10. The van der Waals surface area contributed by atoms with Gasteiger partial charge in [0.25, 0.3) is 0 Å². The predicted octanol–water partition coefficient (Wildman–Crippen LogP) is 17.0. The maximum Gasteiger partial charge on any atom is 0.138 e. The molecule has 0 saturated carbocycles. The summed E-state index contributed by atoms with van der Waals surface area (Å²) in [6.07, 6.45) is 2.11. The maximum atomic E-state index is 6.80. The first-order valence-electron chi connectivity index (χ1n) is 25.2. The molecule has 10 aromatic carbocycles. The molecule has 0 atom stereocenters. The Morgan fingerprint density at radius 3 is 1.43 bits per heavy atom. The third kappa shape index (κ3) is 6.43. The fourth-order valence-corrected chi connectivity index (χ4v) is 11.9. The van der Waals surface area contributed by atoms with E-state index in [2.05, 4.69) is 273 Å². The molecule has 0 radical (unpaired) electrons. The highest BCUT2D eigenvalue weighted by molar-refractivity contribution is 6.13. The number of rotatable bonds is 8. The van der Waals surface area contributed by atoms with Crippen LogP contribution in [0.5, 0.6) is 11.5 Å². The molecule has 7 nitrogen and oxygen atoms in total. The average molecular weight is 951 g/mol. The first kappa shape index (κ1) is 41.9. The van der Waals surface area contributed by atoms with Gasteiger partial charge >= 0.3 is 0 Å². The minimum atomic E-state index is 0.744. The molecular weight excluding hydrogens is 905 g/mol. The van der Waals surface area contributed by atoms with E-state index in [-0.39, 0.29) is 0 Å². The number of anilines is 3. The molecule has 0 fully saturated rings. The van der Waals surface area contributed by atoms with Gasteiger partial charge in [-0.15, -0.1) is 0 Å². The van der Waals surface area contributed by atoms with Gasteiger partial charge in [-0.3, -0.25) is 4.57 Å². The van der Waals surface area contributed by atoms with Crippen molar-refractivity contribution in [1.29, 1.82) is 0 Å². The van der Waals surface area contributed by atoms with Crippen molar-refractivity contribution in [2.45, 2.75) is 0 Å². The van der Waals surface area contributed by atoms with E-state index >= 15 is 0 Å². The van der Waals surface area contributed by atoms with E-state index in [1.807, 2.05) is 6.07 Å². The van der Waals surface area contributed by atoms with Crippen molar-refractivity contribution in [1.82, 2.24) is 18.7 Å². The minimum absolute atomic E-state index is 0.744. The van der Waals surface area contributed by atoms with Gasteiger partial charge in [-0.25, -0.2) is 4.98 Å². The van der Waals surface area contributed by atoms with Crippen molar-refractivity contribution in [3.8, 4) is 50.9 Å². The Labute approximate surface area is 427 Å². The topological polar surface area (TPSA) is 43.4 Å². The minimum Gasteiger partial charge on any atom is -0.457 e. The summed E-state index contributed by atoms with van der Waals surface area (Å²) in [6.45, 7) is 0.763. The summed E-state index contributed by atoms with van der Waals surface area (Å²) in [6, 6.07) is 86.9. The second-order valence-corrected chi connectivity index (χ2v) is 19.3. The van der Waals surface area contributed by atoms with Crippen molar-refractivity contribution < 1.29 is 4.74 Å². The molecule has 4 aromatic heterocycles. The number of hydrogen-bond donors (Lipinski definition) is 0. The third-order valence-electron chi connectivity index (χ3n) is 15.1. The maximum absolute atomic E-state index is 6.80. The molecule has 1 aliphatic rings. The highest BCUT2D eigenvalue weighted by Crippen LogP contribution is 2.46. The lowest BCUT2D eigenvalue weighted by molar-refractivity contribution is 0.483. The lowest BCUT2D eigenvalue weighted by Crippen LogP contribution is -2.23. The fraction of sp³-hybridized carbons (Fsp3) is 0.0299. The number of pyridine rings is 1. The van der Waals surface area contributed by atoms with Gasteiger partial charge in [0.05, 0.1) is 62.5 Å². The van der Waals surface area contributed by atoms with Crippen LogP contribution < -0.4 is 14.5 Å². The summed E-state index contributed by atoms with van der Waals surface area (Å²) in [7, 11) is 2.13. The van der Waals surface area contributed by atoms with Gasteiger partial charge in [0.15, 0.2) is 0 Å². The summed E-state index contributed by atoms with van der Waals surface area (Å²) in [5, 5.41) is 7.10. The van der Waals surface area contributed by atoms with Crippen LogP contribution in [0, 0.1) is 0 Å². The summed E-state index contributed by atoms with van der Waals surface area (Å²) in [5.41, 5.74) is 16.5. The van der Waals surface area contributed by atoms with Gasteiger partial charge < -0.3 is 23.7 Å². The quantitative estimate of drug-likeness (QED) is 0.152. The molecule has 5 heterocycles. The molecule has 0 amide bonds. The Morgan fingerprint density at radius 2 is 0.838 bits per heavy atom. The van der Waals surface area contributed by atoms with Gasteiger partial charge in [-0.1, -0.05) is 146 Å². The largest absolute Gasteiger partial charge is 0.457 e. The second kappa shape index (κ2) is 16.6. The molecule has 14 aromatic rings. The molecule has 7 heteroatoms. The van der Waals surface area contributed by atoms with Crippen LogP contribution in [-0.4, -0.2) is 32.4 Å². The summed E-state index contributed by atoms with van der Waals surface area (Å²) >= 11 is 0. The number of aromatic nitrogens is 4. The summed E-state index contributed by atoms with van der Waals surface area (Å²) < 4.78 is 14.0. The standard InChI is InChI=1S/C67H46N6O/c1-69-43-70(62-34-16-15-33-61(62)69)45-21-17-22-46(39-45)74-47-37-38-53-52-27-9-14-32-60(52)73(65(53)40-47)66-41-54(44-19-3-2-4-20-44)55(42-68-66)67-63(71-56-28-10-5-23-48(56)49-24-6-11-29-57(49)71)35-18-36-64(67)72-58-30-12-7-25-50(58)51-26-8-13-31-59(51)72/h2-42H,43H2,1H3. The van der Waals surface area contributed by atoms with Crippen molar-refractivity contribution in [3.63, 3.8) is 0 Å². The Balaban J connectivity index is 0.956. The van der Waals surface area contributed by atoms with E-state index in [4.69, 9.17) is 9.72 Å². The van der Waals surface area contributed by atoms with E-state index in [1.165, 1.54) is 32.9 Å². The lowest BCUT2D eigenvalue weighted by atomic mass is 9.93. The van der Waals surface area contributed by atoms with Crippen molar-refractivity contribution in [2.24, 2.45) is 0 Å². The molecule has 350 valence electrons. The molecule has 0 N–H and O–H groups in total. The third-order valence-corrected chi connectivity index (χ3v) is 15.1. The predicted molar refractivity (Wildman–Crippen MR) is 306 cm³/mol. The highest BCUT2D eigenvalue weighted by Gasteiger charge is 2.27. The van der Waals surface area contributed by atoms with Crippen LogP contribution in [0.2, 0.25) is 0 Å². The monoisotopic (exact) mass is 950 g/mol. The van der Waals surface area contributed by atoms with Crippen LogP contribution in [0.25, 0.3) is 105 Å². The van der Waals surface area contributed by atoms with E-state index in [0.717, 1.165) is 107 Å². The molecule has 0 spiro atoms. The van der Waals surface area contributed by atoms with Crippen molar-refractivity contribution in [3.05, 3.63) is 249 Å². The number of fused-ring (bicyclic) bond motifs is 10. The Hall–Kier alpha value is -9.85. The highest BCUT2D eigenvalue weighted by atomic mass is 16.5. The number of hydrogen-bond acceptors (Lipinski definition) is 4. The van der Waals surface area contributed by atoms with Crippen LogP contribution in [0.1, 0.15) is 0 Å². The van der Waals surface area contributed by atoms with E-state index < -0.39 is 0 Å². The molecular formula is C67H46N6O. The van der Waals surface area contributed by atoms with Gasteiger partial charge in [-0.05, 0) is 96.1 Å². The van der Waals surface area contributed by atoms with Crippen molar-refractivity contribution >= 4 is 82.5 Å². The molecule has 15 rings (SSSR count). The van der Waals surface area contributed by atoms with Gasteiger partial charge in [0.1, 0.15) is 17.3 Å². The zero-order valence-corrected chi connectivity index (χ0v) is 40.5. The van der Waals surface area contributed by atoms with Crippen molar-refractivity contribution in [2.75, 3.05) is 23.5 Å². The van der Waals surface area contributed by atoms with Crippen LogP contribution in [0.3, 0.4) is 0 Å². The molecule has 0 saturated heterocycles. The first-order valence-corrected chi connectivity index (χ1v) is 25.2. The SMILES string of the molecule is CN1CN(c2cccc(Oc3ccc4c5ccccc5n(-c5cc(-c6ccccc6)c(-c6c(-n7c8ccccc8c8ccccc87)cccc6-n6c7ccccc7c7ccccc76)cn5)c4c3)c2)c2ccccc21. The van der Waals surface area contributed by atoms with Crippen LogP contribution in [0.4, 0.5) is 17.1 Å². The lowest BCUT2D eigenvalue weighted by Gasteiger charge is -2.22. The molecule has 1 aliphatic heterocycles. The zero-order chi connectivity index (χ0) is 48.9. The summed E-state index contributed by atoms with van der Waals surface area (Å²) in [5.74, 6) is 2.32. The summed E-state index contributed by atoms with van der Waals surface area (Å²) in [4.78, 5) is 10.2. The molecule has 0 unspecified atom stereocenters. The van der Waals surface area contributed by atoms with Crippen LogP contribution >= 0.6 is 0 Å². The second-order valence-electron chi connectivity index (χ2n) is 19.3. The van der Waals surface area contributed by atoms with Gasteiger partial charge in [-0.2, -0.15) is 0 Å². The first-order chi connectivity index (χ1) is 36.6. The smallest absolute Gasteiger partial charge is 0.138 e. The number of ether oxygens (including phenoxy) is 1. The molecule has 0 bridgehead atoms. The zero-order valence-electron chi connectivity index (χ0n) is 40.5. The average Bonchev–Trinajstić information content (AvgIpc) is 4.20. The van der Waals surface area contributed by atoms with Crippen LogP contribution in [-0.2, 0) is 0 Å². The normalized spacial score (nSPS) is 12.6. The van der Waals surface area contributed by atoms with E-state index in [9.17, 15) is 0 Å². The number of para-hydroxylation sites is 7. The molecule has 0 aliphatic carbocycles. The van der Waals surface area contributed by atoms with Crippen LogP contribution in [0.15, 0.2) is 249 Å². The Morgan fingerprint density at radius 1 is 0.365 bits per heavy atom. The Kier molecular flexibility index (Phi) is 9.41. The van der Waals surface area contributed by atoms with E-state index in [1.54, 1.807) is 0 Å². The number of nitrogens with zero attached hydrogens (tertiary/aromatic N) is 6. The molecule has 74 heavy (non-hydrogen) atoms. The fourth-order valence-electron chi connectivity index (χ4n) is 11.9. The van der Waals surface area contributed by atoms with Gasteiger partial charge in [0.2, 0.25) is 0 Å². The van der Waals surface area contributed by atoms with E-state index in [0.29, 0.717) is 0 Å². The Bertz CT molecular complexity index is 4310. The van der Waals surface area contributed by atoms with Gasteiger partial charge in [0, 0.05) is 74.5 Å².